The number of alkyl carbamates (subject to hydrolysis) is 1. The zero-order valence-electron chi connectivity index (χ0n) is 11.6. The maximum Gasteiger partial charge on any atom is 0.407 e. The second-order valence-electron chi connectivity index (χ2n) is 5.49. The highest BCUT2D eigenvalue weighted by molar-refractivity contribution is 7.11. The maximum atomic E-state index is 12.0. The predicted octanol–water partition coefficient (Wildman–Crippen LogP) is 2.81. The summed E-state index contributed by atoms with van der Waals surface area (Å²) in [6.45, 7) is 3.39. The Kier molecular flexibility index (Phi) is 4.21. The summed E-state index contributed by atoms with van der Waals surface area (Å²) in [6, 6.07) is 0.0149. The highest BCUT2D eigenvalue weighted by Crippen LogP contribution is 2.42. The summed E-state index contributed by atoms with van der Waals surface area (Å²) in [4.78, 5) is 17.6. The van der Waals surface area contributed by atoms with E-state index in [2.05, 4.69) is 10.3 Å². The summed E-state index contributed by atoms with van der Waals surface area (Å²) in [6.07, 6.45) is 5.42. The molecule has 1 aliphatic heterocycles. The normalized spacial score (nSPS) is 21.4. The zero-order chi connectivity index (χ0) is 13.9. The van der Waals surface area contributed by atoms with E-state index in [9.17, 15) is 4.79 Å². The third-order valence-corrected chi connectivity index (χ3v) is 4.71. The van der Waals surface area contributed by atoms with Gasteiger partial charge in [-0.2, -0.15) is 0 Å². The average molecular weight is 296 g/mol. The van der Waals surface area contributed by atoms with Crippen molar-refractivity contribution in [3.05, 3.63) is 16.1 Å². The first-order valence-corrected chi connectivity index (χ1v) is 8.01. The Balaban J connectivity index is 1.57. The molecule has 1 atom stereocenters. The average Bonchev–Trinajstić information content (AvgIpc) is 3.19. The highest BCUT2D eigenvalue weighted by Gasteiger charge is 2.36. The Hall–Kier alpha value is -1.14. The second-order valence-corrected chi connectivity index (χ2v) is 6.75. The molecule has 0 radical (unpaired) electrons. The molecule has 5 nitrogen and oxygen atoms in total. The van der Waals surface area contributed by atoms with Crippen LogP contribution in [0, 0.1) is 12.8 Å². The molecule has 1 saturated heterocycles. The van der Waals surface area contributed by atoms with Crippen molar-refractivity contribution in [1.29, 1.82) is 0 Å². The van der Waals surface area contributed by atoms with Crippen LogP contribution in [-0.4, -0.2) is 30.4 Å². The third-order valence-electron chi connectivity index (χ3n) is 3.71. The number of rotatable bonds is 4. The van der Waals surface area contributed by atoms with E-state index in [4.69, 9.17) is 9.47 Å². The lowest BCUT2D eigenvalue weighted by atomic mass is 10.1. The molecule has 0 aromatic carbocycles. The number of aromatic nitrogens is 1. The van der Waals surface area contributed by atoms with Crippen molar-refractivity contribution < 1.29 is 14.3 Å². The number of aryl methyl sites for hydroxylation is 1. The number of hydrogen-bond donors (Lipinski definition) is 1. The Morgan fingerprint density at radius 2 is 2.20 bits per heavy atom. The molecule has 1 aromatic rings. The first kappa shape index (κ1) is 13.8. The largest absolute Gasteiger partial charge is 0.446 e. The SMILES string of the molecule is Cc1cnc([C@@H](NC(=O)OC2CCOCC2)C2CC2)s1. The van der Waals surface area contributed by atoms with Gasteiger partial charge in [0, 0.05) is 23.9 Å². The Labute approximate surface area is 122 Å². The molecular weight excluding hydrogens is 276 g/mol. The second kappa shape index (κ2) is 6.10. The van der Waals surface area contributed by atoms with Gasteiger partial charge in [-0.25, -0.2) is 9.78 Å². The van der Waals surface area contributed by atoms with E-state index in [1.165, 1.54) is 4.88 Å². The van der Waals surface area contributed by atoms with Crippen LogP contribution in [0.4, 0.5) is 4.79 Å². The molecule has 1 aliphatic carbocycles. The number of carbonyl (C=O) groups excluding carboxylic acids is 1. The van der Waals surface area contributed by atoms with Crippen molar-refractivity contribution in [3.63, 3.8) is 0 Å². The van der Waals surface area contributed by atoms with Gasteiger partial charge in [-0.05, 0) is 25.7 Å². The number of nitrogens with zero attached hydrogens (tertiary/aromatic N) is 1. The van der Waals surface area contributed by atoms with E-state index < -0.39 is 0 Å². The summed E-state index contributed by atoms with van der Waals surface area (Å²) >= 11 is 1.65. The minimum atomic E-state index is -0.318. The predicted molar refractivity (Wildman–Crippen MR) is 75.8 cm³/mol. The van der Waals surface area contributed by atoms with E-state index >= 15 is 0 Å². The Morgan fingerprint density at radius 1 is 1.45 bits per heavy atom. The van der Waals surface area contributed by atoms with Gasteiger partial charge >= 0.3 is 6.09 Å². The number of hydrogen-bond acceptors (Lipinski definition) is 5. The summed E-state index contributed by atoms with van der Waals surface area (Å²) in [5, 5.41) is 4.00. The van der Waals surface area contributed by atoms with Crippen LogP contribution in [-0.2, 0) is 9.47 Å². The smallest absolute Gasteiger partial charge is 0.407 e. The van der Waals surface area contributed by atoms with E-state index in [1.54, 1.807) is 11.3 Å². The maximum absolute atomic E-state index is 12.0. The van der Waals surface area contributed by atoms with Gasteiger partial charge in [0.1, 0.15) is 11.1 Å². The van der Waals surface area contributed by atoms with Crippen molar-refractivity contribution in [2.75, 3.05) is 13.2 Å². The van der Waals surface area contributed by atoms with Gasteiger partial charge in [0.25, 0.3) is 0 Å². The molecule has 1 N–H and O–H groups in total. The molecule has 3 rings (SSSR count). The zero-order valence-corrected chi connectivity index (χ0v) is 12.4. The first-order chi connectivity index (χ1) is 9.72. The van der Waals surface area contributed by atoms with Crippen molar-refractivity contribution in [3.8, 4) is 0 Å². The molecule has 0 unspecified atom stereocenters. The number of ether oxygens (including phenoxy) is 2. The lowest BCUT2D eigenvalue weighted by Crippen LogP contribution is -2.35. The molecule has 1 amide bonds. The first-order valence-electron chi connectivity index (χ1n) is 7.19. The molecule has 2 fully saturated rings. The van der Waals surface area contributed by atoms with Crippen LogP contribution in [0.5, 0.6) is 0 Å². The van der Waals surface area contributed by atoms with Gasteiger partial charge in [-0.15, -0.1) is 11.3 Å². The van der Waals surface area contributed by atoms with E-state index in [0.717, 1.165) is 30.7 Å². The van der Waals surface area contributed by atoms with Gasteiger partial charge in [0.2, 0.25) is 0 Å². The molecule has 110 valence electrons. The lowest BCUT2D eigenvalue weighted by Gasteiger charge is -2.24. The monoisotopic (exact) mass is 296 g/mol. The third kappa shape index (κ3) is 3.49. The number of amides is 1. The van der Waals surface area contributed by atoms with Crippen LogP contribution >= 0.6 is 11.3 Å². The topological polar surface area (TPSA) is 60.5 Å². The molecule has 0 spiro atoms. The van der Waals surface area contributed by atoms with Crippen molar-refractivity contribution in [2.24, 2.45) is 5.92 Å². The molecule has 0 bridgehead atoms. The molecule has 20 heavy (non-hydrogen) atoms. The van der Waals surface area contributed by atoms with Gasteiger partial charge in [0.05, 0.1) is 19.3 Å². The van der Waals surface area contributed by atoms with Gasteiger partial charge in [0.15, 0.2) is 0 Å². The van der Waals surface area contributed by atoms with Crippen LogP contribution in [0.2, 0.25) is 0 Å². The van der Waals surface area contributed by atoms with Crippen molar-refractivity contribution >= 4 is 17.4 Å². The molecule has 1 aromatic heterocycles. The Morgan fingerprint density at radius 3 is 2.80 bits per heavy atom. The van der Waals surface area contributed by atoms with Gasteiger partial charge < -0.3 is 14.8 Å². The van der Waals surface area contributed by atoms with Gasteiger partial charge in [-0.3, -0.25) is 0 Å². The summed E-state index contributed by atoms with van der Waals surface area (Å²) in [5.41, 5.74) is 0. The number of carbonyl (C=O) groups is 1. The fourth-order valence-electron chi connectivity index (χ4n) is 2.43. The minimum absolute atomic E-state index is 0.0124. The van der Waals surface area contributed by atoms with Crippen LogP contribution in [0.25, 0.3) is 0 Å². The molecule has 2 aliphatic rings. The van der Waals surface area contributed by atoms with Crippen LogP contribution in [0.15, 0.2) is 6.20 Å². The van der Waals surface area contributed by atoms with Crippen LogP contribution in [0.1, 0.15) is 41.6 Å². The van der Waals surface area contributed by atoms with E-state index in [-0.39, 0.29) is 18.2 Å². The summed E-state index contributed by atoms with van der Waals surface area (Å²) in [7, 11) is 0. The lowest BCUT2D eigenvalue weighted by molar-refractivity contribution is 0.000549. The highest BCUT2D eigenvalue weighted by atomic mass is 32.1. The van der Waals surface area contributed by atoms with Crippen LogP contribution < -0.4 is 5.32 Å². The summed E-state index contributed by atoms with van der Waals surface area (Å²) in [5.74, 6) is 0.516. The van der Waals surface area contributed by atoms with Crippen LogP contribution in [0.3, 0.4) is 0 Å². The Bertz CT molecular complexity index is 467. The molecular formula is C14H20N2O3S. The molecule has 2 heterocycles. The molecule has 6 heteroatoms. The quantitative estimate of drug-likeness (QED) is 0.928. The summed E-state index contributed by atoms with van der Waals surface area (Å²) < 4.78 is 10.7. The van der Waals surface area contributed by atoms with Crippen molar-refractivity contribution in [2.45, 2.75) is 44.8 Å². The van der Waals surface area contributed by atoms with Gasteiger partial charge in [-0.1, -0.05) is 0 Å². The van der Waals surface area contributed by atoms with Crippen molar-refractivity contribution in [1.82, 2.24) is 10.3 Å². The number of thiazole rings is 1. The number of nitrogens with one attached hydrogen (secondary N) is 1. The van der Waals surface area contributed by atoms with E-state index in [0.29, 0.717) is 19.1 Å². The fourth-order valence-corrected chi connectivity index (χ4v) is 3.35. The fraction of sp³-hybridized carbons (Fsp3) is 0.714. The standard InChI is InChI=1S/C14H20N2O3S/c1-9-8-15-13(20-9)12(10-2-3-10)16-14(17)19-11-4-6-18-7-5-11/h8,10-12H,2-7H2,1H3,(H,16,17)/t12-/m0/s1. The molecule has 1 saturated carbocycles. The minimum Gasteiger partial charge on any atom is -0.446 e. The van der Waals surface area contributed by atoms with E-state index in [1.807, 2.05) is 13.1 Å².